The number of ketones is 2. The van der Waals surface area contributed by atoms with E-state index in [-0.39, 0.29) is 28.1 Å². The Hall–Kier alpha value is -4.90. The number of hydrogen-bond donors (Lipinski definition) is 0. The Morgan fingerprint density at radius 2 is 1.22 bits per heavy atom. The van der Waals surface area contributed by atoms with E-state index in [1.165, 1.54) is 6.92 Å². The van der Waals surface area contributed by atoms with Gasteiger partial charge in [0.2, 0.25) is 0 Å². The number of esters is 4. The number of hydrogen-bond acceptors (Lipinski definition) is 11. The van der Waals surface area contributed by atoms with E-state index in [9.17, 15) is 28.8 Å². The number of carbonyl (C=O) groups excluding carboxylic acids is 6. The zero-order chi connectivity index (χ0) is 33.3. The van der Waals surface area contributed by atoms with Crippen molar-refractivity contribution in [2.75, 3.05) is 6.61 Å². The summed E-state index contributed by atoms with van der Waals surface area (Å²) >= 11 is 0. The molecule has 0 aromatic heterocycles. The van der Waals surface area contributed by atoms with Gasteiger partial charge in [-0.2, -0.15) is 0 Å². The van der Waals surface area contributed by atoms with E-state index >= 15 is 0 Å². The molecule has 2 unspecified atom stereocenters. The minimum absolute atomic E-state index is 0.137. The van der Waals surface area contributed by atoms with Crippen LogP contribution in [-0.2, 0) is 42.9 Å². The number of rotatable bonds is 7. The molecular weight excluding hydrogens is 596 g/mol. The van der Waals surface area contributed by atoms with Gasteiger partial charge in [-0.3, -0.25) is 28.8 Å². The van der Waals surface area contributed by atoms with Crippen LogP contribution in [0.3, 0.4) is 0 Å². The van der Waals surface area contributed by atoms with E-state index in [4.69, 9.17) is 23.7 Å². The molecule has 7 atom stereocenters. The molecule has 2 aromatic carbocycles. The van der Waals surface area contributed by atoms with Crippen LogP contribution in [0, 0.1) is 12.8 Å². The van der Waals surface area contributed by atoms with Crippen LogP contribution >= 0.6 is 0 Å². The van der Waals surface area contributed by atoms with E-state index < -0.39 is 78.6 Å². The maximum atomic E-state index is 14.3. The minimum Gasteiger partial charge on any atom is -0.463 e. The molecule has 1 fully saturated rings. The van der Waals surface area contributed by atoms with E-state index in [1.54, 1.807) is 36.4 Å². The van der Waals surface area contributed by atoms with Crippen molar-refractivity contribution in [3.05, 3.63) is 94.1 Å². The van der Waals surface area contributed by atoms with Gasteiger partial charge in [-0.1, -0.05) is 66.2 Å². The summed E-state index contributed by atoms with van der Waals surface area (Å²) in [6.07, 6.45) is -3.12. The molecule has 11 nitrogen and oxygen atoms in total. The number of aryl methyl sites for hydroxylation is 1. The number of allylic oxidation sites excluding steroid dienone is 2. The van der Waals surface area contributed by atoms with Crippen LogP contribution in [0.25, 0.3) is 0 Å². The van der Waals surface area contributed by atoms with Gasteiger partial charge in [0.15, 0.2) is 29.9 Å². The van der Waals surface area contributed by atoms with E-state index in [1.807, 2.05) is 31.2 Å². The van der Waals surface area contributed by atoms with Crippen LogP contribution in [-0.4, -0.2) is 72.6 Å². The number of benzene rings is 2. The summed E-state index contributed by atoms with van der Waals surface area (Å²) in [7, 11) is 0. The second-order valence-electron chi connectivity index (χ2n) is 11.5. The second kappa shape index (κ2) is 13.2. The Labute approximate surface area is 265 Å². The maximum Gasteiger partial charge on any atom is 0.303 e. The predicted octanol–water partition coefficient (Wildman–Crippen LogP) is 3.77. The normalized spacial score (nSPS) is 26.8. The molecule has 5 rings (SSSR count). The average molecular weight is 631 g/mol. The summed E-state index contributed by atoms with van der Waals surface area (Å²) in [5.74, 6) is -5.28. The fourth-order valence-electron chi connectivity index (χ4n) is 6.35. The molecular formula is C35H34O11. The Morgan fingerprint density at radius 3 is 1.78 bits per heavy atom. The highest BCUT2D eigenvalue weighted by Gasteiger charge is 2.56. The summed E-state index contributed by atoms with van der Waals surface area (Å²) in [6.45, 7) is 6.12. The fourth-order valence-corrected chi connectivity index (χ4v) is 6.35. The molecule has 1 aliphatic heterocycles. The third-order valence-electron chi connectivity index (χ3n) is 8.17. The van der Waals surface area contributed by atoms with Crippen LogP contribution in [0.2, 0.25) is 0 Å². The zero-order valence-corrected chi connectivity index (χ0v) is 26.0. The lowest BCUT2D eigenvalue weighted by molar-refractivity contribution is -0.256. The third-order valence-corrected chi connectivity index (χ3v) is 8.17. The van der Waals surface area contributed by atoms with Crippen molar-refractivity contribution in [3.63, 3.8) is 0 Å². The first-order chi connectivity index (χ1) is 21.9. The molecule has 11 heteroatoms. The lowest BCUT2D eigenvalue weighted by Gasteiger charge is -2.47. The minimum atomic E-state index is -1.42. The first-order valence-corrected chi connectivity index (χ1v) is 14.8. The summed E-state index contributed by atoms with van der Waals surface area (Å²) in [5, 5.41) is 0. The van der Waals surface area contributed by atoms with E-state index in [2.05, 4.69) is 0 Å². The zero-order valence-electron chi connectivity index (χ0n) is 26.0. The molecule has 1 heterocycles. The number of fused-ring (bicyclic) bond motifs is 1. The van der Waals surface area contributed by atoms with Gasteiger partial charge < -0.3 is 23.7 Å². The number of Topliss-reactive ketones (excluding diaryl/α,β-unsaturated/α-hetero) is 2. The van der Waals surface area contributed by atoms with Crippen LogP contribution in [0.5, 0.6) is 0 Å². The average Bonchev–Trinajstić information content (AvgIpc) is 3.00. The van der Waals surface area contributed by atoms with Crippen molar-refractivity contribution in [3.8, 4) is 0 Å². The van der Waals surface area contributed by atoms with Gasteiger partial charge in [0.25, 0.3) is 0 Å². The first-order valence-electron chi connectivity index (χ1n) is 14.8. The molecule has 46 heavy (non-hydrogen) atoms. The van der Waals surface area contributed by atoms with Crippen molar-refractivity contribution in [2.24, 2.45) is 5.92 Å². The predicted molar refractivity (Wildman–Crippen MR) is 161 cm³/mol. The van der Waals surface area contributed by atoms with Gasteiger partial charge in [0, 0.05) is 61.8 Å². The quantitative estimate of drug-likeness (QED) is 0.250. The topological polar surface area (TPSA) is 149 Å². The van der Waals surface area contributed by atoms with Gasteiger partial charge in [0.05, 0.1) is 0 Å². The van der Waals surface area contributed by atoms with Gasteiger partial charge >= 0.3 is 23.9 Å². The SMILES string of the molecule is CC(=O)OC[C@H]1O[C@@H](C2C=CC(c3ccc(C)cc3)C3=C2C(=O)c2ccccc2C3=O)[C@@H](OC(C)=O)[C@@H](OC(C)=O)[C@@H]1OC(C)=O. The molecule has 240 valence electrons. The summed E-state index contributed by atoms with van der Waals surface area (Å²) in [4.78, 5) is 77.4. The Kier molecular flexibility index (Phi) is 9.34. The van der Waals surface area contributed by atoms with Crippen molar-refractivity contribution in [2.45, 2.75) is 71.1 Å². The largest absolute Gasteiger partial charge is 0.463 e. The second-order valence-corrected chi connectivity index (χ2v) is 11.5. The molecule has 2 aromatic rings. The fraction of sp³-hybridized carbons (Fsp3) is 0.371. The van der Waals surface area contributed by atoms with Gasteiger partial charge in [-0.25, -0.2) is 0 Å². The monoisotopic (exact) mass is 630 g/mol. The molecule has 0 radical (unpaired) electrons. The molecule has 3 aliphatic rings. The highest BCUT2D eigenvalue weighted by atomic mass is 16.7. The molecule has 0 N–H and O–H groups in total. The van der Waals surface area contributed by atoms with Gasteiger partial charge in [-0.05, 0) is 12.5 Å². The Morgan fingerprint density at radius 1 is 0.674 bits per heavy atom. The van der Waals surface area contributed by atoms with Crippen LogP contribution in [0.1, 0.15) is 65.5 Å². The van der Waals surface area contributed by atoms with Crippen molar-refractivity contribution in [1.29, 1.82) is 0 Å². The smallest absolute Gasteiger partial charge is 0.303 e. The first kappa shape index (κ1) is 32.5. The van der Waals surface area contributed by atoms with E-state index in [0.717, 1.165) is 31.9 Å². The molecule has 0 saturated carbocycles. The standard InChI is InChI=1S/C35H34O11/c1-17-10-12-22(13-11-17)23-14-15-26(29-28(23)30(40)24-8-6-7-9-25(24)31(29)41)32-34(44-20(4)38)35(45-21(5)39)33(43-19(3)37)27(46-32)16-42-18(2)36/h6-15,23,26-27,32-35H,16H2,1-5H3/t23?,26?,27-,32+,33-,34-,35+/m1/s1. The molecule has 0 bridgehead atoms. The number of ether oxygens (including phenoxy) is 5. The molecule has 2 aliphatic carbocycles. The lowest BCUT2D eigenvalue weighted by atomic mass is 9.67. The van der Waals surface area contributed by atoms with Crippen LogP contribution in [0.15, 0.2) is 71.8 Å². The van der Waals surface area contributed by atoms with Crippen molar-refractivity contribution < 1.29 is 52.5 Å². The summed E-state index contributed by atoms with van der Waals surface area (Å²) in [6, 6.07) is 14.1. The third kappa shape index (κ3) is 6.41. The Bertz CT molecular complexity index is 1650. The molecule has 1 saturated heterocycles. The highest BCUT2D eigenvalue weighted by Crippen LogP contribution is 2.46. The van der Waals surface area contributed by atoms with E-state index in [0.29, 0.717) is 0 Å². The molecule has 0 amide bonds. The Balaban J connectivity index is 1.69. The molecule has 0 spiro atoms. The number of carbonyl (C=O) groups is 6. The van der Waals surface area contributed by atoms with Crippen molar-refractivity contribution in [1.82, 2.24) is 0 Å². The van der Waals surface area contributed by atoms with Crippen LogP contribution < -0.4 is 0 Å². The lowest BCUT2D eigenvalue weighted by Crippen LogP contribution is -2.64. The van der Waals surface area contributed by atoms with Gasteiger partial charge in [-0.15, -0.1) is 0 Å². The maximum absolute atomic E-state index is 14.3. The van der Waals surface area contributed by atoms with Crippen LogP contribution in [0.4, 0.5) is 0 Å². The van der Waals surface area contributed by atoms with Gasteiger partial charge in [0.1, 0.15) is 18.8 Å². The van der Waals surface area contributed by atoms with Crippen molar-refractivity contribution >= 4 is 35.4 Å². The highest BCUT2D eigenvalue weighted by molar-refractivity contribution is 6.28. The summed E-state index contributed by atoms with van der Waals surface area (Å²) in [5.41, 5.74) is 2.66. The summed E-state index contributed by atoms with van der Waals surface area (Å²) < 4.78 is 28.5.